The van der Waals surface area contributed by atoms with Gasteiger partial charge in [-0.05, 0) is 23.7 Å². The van der Waals surface area contributed by atoms with Crippen LogP contribution in [0.3, 0.4) is 0 Å². The Balaban J connectivity index is 2.29. The van der Waals surface area contributed by atoms with E-state index in [1.807, 2.05) is 0 Å². The number of hydrogen-bond donors (Lipinski definition) is 2. The van der Waals surface area contributed by atoms with Crippen molar-refractivity contribution in [2.24, 2.45) is 0 Å². The molecule has 19 heavy (non-hydrogen) atoms. The summed E-state index contributed by atoms with van der Waals surface area (Å²) in [5.74, 6) is 0.107. The molecule has 2 rings (SSSR count). The summed E-state index contributed by atoms with van der Waals surface area (Å²) >= 11 is 5.65. The molecule has 1 amide bonds. The molecule has 7 nitrogen and oxygen atoms in total. The van der Waals surface area contributed by atoms with E-state index in [2.05, 4.69) is 20.3 Å². The van der Waals surface area contributed by atoms with Gasteiger partial charge in [0.25, 0.3) is 0 Å². The highest BCUT2D eigenvalue weighted by Gasteiger charge is 2.09. The van der Waals surface area contributed by atoms with Gasteiger partial charge in [0, 0.05) is 6.92 Å². The Bertz CT molecular complexity index is 600. The van der Waals surface area contributed by atoms with Crippen molar-refractivity contribution >= 4 is 29.1 Å². The van der Waals surface area contributed by atoms with E-state index in [-0.39, 0.29) is 23.1 Å². The molecule has 8 heteroatoms. The molecule has 0 saturated carbocycles. The third-order valence-corrected chi connectivity index (χ3v) is 2.17. The first-order valence-electron chi connectivity index (χ1n) is 5.26. The highest BCUT2D eigenvalue weighted by molar-refractivity contribution is 6.28. The molecule has 0 unspecified atom stereocenters. The largest absolute Gasteiger partial charge is 0.422 e. The molecule has 0 bridgehead atoms. The smallest absolute Gasteiger partial charge is 0.328 e. The van der Waals surface area contributed by atoms with Crippen LogP contribution in [0.25, 0.3) is 0 Å². The number of benzene rings is 1. The summed E-state index contributed by atoms with van der Waals surface area (Å²) in [5.41, 5.74) is 5.93. The number of nitrogens with two attached hydrogens (primary N) is 1. The van der Waals surface area contributed by atoms with Crippen molar-refractivity contribution in [3.63, 3.8) is 0 Å². The number of ether oxygens (including phenoxy) is 1. The van der Waals surface area contributed by atoms with Gasteiger partial charge in [0.15, 0.2) is 5.75 Å². The van der Waals surface area contributed by atoms with Crippen molar-refractivity contribution in [3.8, 4) is 11.8 Å². The maximum absolute atomic E-state index is 11.1. The van der Waals surface area contributed by atoms with Gasteiger partial charge in [0.05, 0.1) is 5.69 Å². The number of nitrogens with zero attached hydrogens (tertiary/aromatic N) is 3. The van der Waals surface area contributed by atoms with Gasteiger partial charge in [-0.15, -0.1) is 0 Å². The Morgan fingerprint density at radius 3 is 2.74 bits per heavy atom. The van der Waals surface area contributed by atoms with E-state index in [1.165, 1.54) is 6.92 Å². The number of halogens is 1. The van der Waals surface area contributed by atoms with Crippen LogP contribution in [0, 0.1) is 0 Å². The predicted octanol–water partition coefficient (Wildman–Crippen LogP) is 1.86. The van der Waals surface area contributed by atoms with E-state index in [4.69, 9.17) is 22.1 Å². The molecular weight excluding hydrogens is 270 g/mol. The first-order valence-corrected chi connectivity index (χ1v) is 5.64. The summed E-state index contributed by atoms with van der Waals surface area (Å²) in [5, 5.41) is 2.55. The van der Waals surface area contributed by atoms with E-state index in [9.17, 15) is 4.79 Å². The zero-order valence-corrected chi connectivity index (χ0v) is 10.7. The van der Waals surface area contributed by atoms with Crippen LogP contribution in [-0.2, 0) is 4.79 Å². The lowest BCUT2D eigenvalue weighted by Crippen LogP contribution is -2.07. The summed E-state index contributed by atoms with van der Waals surface area (Å²) in [6.45, 7) is 1.40. The van der Waals surface area contributed by atoms with Gasteiger partial charge in [0.1, 0.15) is 0 Å². The molecule has 1 heterocycles. The Morgan fingerprint density at radius 1 is 1.32 bits per heavy atom. The zero-order valence-electron chi connectivity index (χ0n) is 9.92. The average Bonchev–Trinajstić information content (AvgIpc) is 2.29. The van der Waals surface area contributed by atoms with Gasteiger partial charge >= 0.3 is 6.01 Å². The summed E-state index contributed by atoms with van der Waals surface area (Å²) in [6, 6.07) is 6.79. The highest BCUT2D eigenvalue weighted by Crippen LogP contribution is 2.27. The van der Waals surface area contributed by atoms with Crippen molar-refractivity contribution < 1.29 is 9.53 Å². The van der Waals surface area contributed by atoms with Crippen molar-refractivity contribution in [1.82, 2.24) is 15.0 Å². The normalized spacial score (nSPS) is 10.0. The van der Waals surface area contributed by atoms with Crippen LogP contribution in [0.5, 0.6) is 11.8 Å². The molecule has 3 N–H and O–H groups in total. The van der Waals surface area contributed by atoms with Crippen LogP contribution in [0.1, 0.15) is 6.92 Å². The minimum Gasteiger partial charge on any atom is -0.422 e. The number of rotatable bonds is 3. The van der Waals surface area contributed by atoms with Gasteiger partial charge in [0.2, 0.25) is 17.1 Å². The van der Waals surface area contributed by atoms with Crippen LogP contribution in [0.4, 0.5) is 11.6 Å². The second-order valence-corrected chi connectivity index (χ2v) is 3.86. The van der Waals surface area contributed by atoms with Crippen molar-refractivity contribution in [2.75, 3.05) is 11.1 Å². The average molecular weight is 280 g/mol. The summed E-state index contributed by atoms with van der Waals surface area (Å²) in [6.07, 6.45) is 0. The quantitative estimate of drug-likeness (QED) is 0.889. The van der Waals surface area contributed by atoms with Crippen LogP contribution >= 0.6 is 11.6 Å². The summed E-state index contributed by atoms with van der Waals surface area (Å²) < 4.78 is 5.43. The molecule has 0 atom stereocenters. The summed E-state index contributed by atoms with van der Waals surface area (Å²) in [7, 11) is 0. The van der Waals surface area contributed by atoms with E-state index < -0.39 is 0 Å². The molecule has 0 saturated heterocycles. The van der Waals surface area contributed by atoms with Crippen molar-refractivity contribution in [2.45, 2.75) is 6.92 Å². The summed E-state index contributed by atoms with van der Waals surface area (Å²) in [4.78, 5) is 22.3. The number of hydrogen-bond acceptors (Lipinski definition) is 6. The number of carbonyl (C=O) groups excluding carboxylic acids is 1. The SMILES string of the molecule is CC(=O)Nc1ccccc1Oc1nc(N)nc(Cl)n1. The molecule has 1 aromatic carbocycles. The fourth-order valence-corrected chi connectivity index (χ4v) is 1.50. The first kappa shape index (κ1) is 13.0. The van der Waals surface area contributed by atoms with Crippen LogP contribution in [0.15, 0.2) is 24.3 Å². The molecular formula is C11H10ClN5O2. The molecule has 0 aliphatic heterocycles. The highest BCUT2D eigenvalue weighted by atomic mass is 35.5. The van der Waals surface area contributed by atoms with Gasteiger partial charge in [-0.1, -0.05) is 12.1 Å². The van der Waals surface area contributed by atoms with E-state index in [0.29, 0.717) is 11.4 Å². The van der Waals surface area contributed by atoms with Gasteiger partial charge in [-0.25, -0.2) is 0 Å². The number of anilines is 2. The minimum absolute atomic E-state index is 0.0460. The lowest BCUT2D eigenvalue weighted by molar-refractivity contribution is -0.114. The molecule has 1 aromatic heterocycles. The van der Waals surface area contributed by atoms with E-state index in [1.54, 1.807) is 24.3 Å². The van der Waals surface area contributed by atoms with Crippen molar-refractivity contribution in [1.29, 1.82) is 0 Å². The number of amides is 1. The van der Waals surface area contributed by atoms with E-state index >= 15 is 0 Å². The topological polar surface area (TPSA) is 103 Å². The predicted molar refractivity (Wildman–Crippen MR) is 70.1 cm³/mol. The van der Waals surface area contributed by atoms with Gasteiger partial charge in [-0.3, -0.25) is 4.79 Å². The van der Waals surface area contributed by atoms with E-state index in [0.717, 1.165) is 0 Å². The standard InChI is InChI=1S/C11H10ClN5O2/c1-6(18)14-7-4-2-3-5-8(7)19-11-16-9(12)15-10(13)17-11/h2-5H,1H3,(H,14,18)(H2,13,15,16,17). The molecule has 2 aromatic rings. The molecule has 98 valence electrons. The lowest BCUT2D eigenvalue weighted by Gasteiger charge is -2.09. The molecule has 0 aliphatic rings. The van der Waals surface area contributed by atoms with Crippen LogP contribution < -0.4 is 15.8 Å². The number of nitrogens with one attached hydrogen (secondary N) is 1. The maximum atomic E-state index is 11.1. The lowest BCUT2D eigenvalue weighted by atomic mass is 10.3. The Hall–Kier alpha value is -2.41. The number of aromatic nitrogens is 3. The fourth-order valence-electron chi connectivity index (χ4n) is 1.34. The minimum atomic E-state index is -0.218. The zero-order chi connectivity index (χ0) is 13.8. The van der Waals surface area contributed by atoms with Crippen molar-refractivity contribution in [3.05, 3.63) is 29.5 Å². The fraction of sp³-hybridized carbons (Fsp3) is 0.0909. The monoisotopic (exact) mass is 279 g/mol. The number of carbonyl (C=O) groups is 1. The second kappa shape index (κ2) is 5.49. The molecule has 0 spiro atoms. The maximum Gasteiger partial charge on any atom is 0.328 e. The van der Waals surface area contributed by atoms with Crippen LogP contribution in [-0.4, -0.2) is 20.9 Å². The second-order valence-electron chi connectivity index (χ2n) is 3.52. The third-order valence-electron chi connectivity index (χ3n) is 2.00. The Morgan fingerprint density at radius 2 is 2.05 bits per heavy atom. The van der Waals surface area contributed by atoms with Gasteiger partial charge in [-0.2, -0.15) is 15.0 Å². The Labute approximate surface area is 113 Å². The molecule has 0 radical (unpaired) electrons. The molecule has 0 fully saturated rings. The van der Waals surface area contributed by atoms with Crippen LogP contribution in [0.2, 0.25) is 5.28 Å². The third kappa shape index (κ3) is 3.52. The number of nitrogen functional groups attached to an aromatic ring is 1. The number of para-hydroxylation sites is 2. The Kier molecular flexibility index (Phi) is 3.76. The van der Waals surface area contributed by atoms with Gasteiger partial charge < -0.3 is 15.8 Å². The molecule has 0 aliphatic carbocycles. The first-order chi connectivity index (χ1) is 9.04.